The van der Waals surface area contributed by atoms with Gasteiger partial charge in [-0.15, -0.1) is 0 Å². The molecule has 1 unspecified atom stereocenters. The molecule has 2 aliphatic rings. The van der Waals surface area contributed by atoms with Crippen molar-refractivity contribution in [1.82, 2.24) is 4.90 Å². The minimum atomic E-state index is -0.526. The Morgan fingerprint density at radius 2 is 1.64 bits per heavy atom. The van der Waals surface area contributed by atoms with Crippen LogP contribution in [0.5, 0.6) is 0 Å². The molecule has 2 fully saturated rings. The van der Waals surface area contributed by atoms with Crippen molar-refractivity contribution >= 4 is 46.4 Å². The molecule has 0 N–H and O–H groups in total. The van der Waals surface area contributed by atoms with Gasteiger partial charge in [0.2, 0.25) is 5.91 Å². The first kappa shape index (κ1) is 19.2. The Labute approximate surface area is 172 Å². The van der Waals surface area contributed by atoms with Gasteiger partial charge in [-0.1, -0.05) is 35.3 Å². The second-order valence-corrected chi connectivity index (χ2v) is 7.70. The van der Waals surface area contributed by atoms with Crippen molar-refractivity contribution in [3.8, 4) is 0 Å². The van der Waals surface area contributed by atoms with Crippen LogP contribution in [0.1, 0.15) is 6.42 Å². The lowest BCUT2D eigenvalue weighted by Gasteiger charge is -2.38. The summed E-state index contributed by atoms with van der Waals surface area (Å²) in [5.74, 6) is -0.823. The maximum Gasteiger partial charge on any atom is 0.251 e. The van der Waals surface area contributed by atoms with Crippen LogP contribution in [0.2, 0.25) is 10.0 Å². The molecule has 2 aliphatic heterocycles. The monoisotopic (exact) mass is 421 g/mol. The molecule has 0 radical (unpaired) electrons. The number of hydrogen-bond acceptors (Lipinski definition) is 4. The highest BCUT2D eigenvalue weighted by atomic mass is 35.5. The van der Waals surface area contributed by atoms with Crippen LogP contribution in [0.3, 0.4) is 0 Å². The Hall–Kier alpha value is -2.15. The van der Waals surface area contributed by atoms with Gasteiger partial charge in [0.25, 0.3) is 5.91 Å². The number of benzene rings is 2. The summed E-state index contributed by atoms with van der Waals surface area (Å²) in [4.78, 5) is 30.6. The molecule has 2 aromatic rings. The fourth-order valence-electron chi connectivity index (χ4n) is 3.80. The van der Waals surface area contributed by atoms with Crippen LogP contribution >= 0.6 is 23.2 Å². The number of halogens is 3. The van der Waals surface area contributed by atoms with E-state index in [-0.39, 0.29) is 29.1 Å². The first-order chi connectivity index (χ1) is 13.5. The molecule has 0 aromatic heterocycles. The first-order valence-corrected chi connectivity index (χ1v) is 9.76. The molecule has 8 heteroatoms. The molecule has 2 aromatic carbocycles. The zero-order valence-electron chi connectivity index (χ0n) is 14.9. The molecule has 5 nitrogen and oxygen atoms in total. The fourth-order valence-corrected chi connectivity index (χ4v) is 4.29. The van der Waals surface area contributed by atoms with E-state index in [0.717, 1.165) is 4.90 Å². The second kappa shape index (κ2) is 7.70. The molecule has 0 bridgehead atoms. The van der Waals surface area contributed by atoms with E-state index in [2.05, 4.69) is 0 Å². The molecule has 0 spiro atoms. The van der Waals surface area contributed by atoms with E-state index in [9.17, 15) is 14.0 Å². The fraction of sp³-hybridized carbons (Fsp3) is 0.300. The molecule has 4 rings (SSSR count). The van der Waals surface area contributed by atoms with Crippen LogP contribution in [0.4, 0.5) is 15.8 Å². The molecule has 2 saturated heterocycles. The van der Waals surface area contributed by atoms with Crippen molar-refractivity contribution in [2.75, 3.05) is 36.0 Å². The third-order valence-electron chi connectivity index (χ3n) is 5.22. The van der Waals surface area contributed by atoms with Crippen LogP contribution in [0.15, 0.2) is 42.5 Å². The maximum atomic E-state index is 14.0. The van der Waals surface area contributed by atoms with Crippen molar-refractivity contribution in [2.24, 2.45) is 0 Å². The third kappa shape index (κ3) is 3.48. The molecule has 28 heavy (non-hydrogen) atoms. The van der Waals surface area contributed by atoms with Gasteiger partial charge in [-0.25, -0.2) is 9.29 Å². The predicted octanol–water partition coefficient (Wildman–Crippen LogP) is 3.59. The smallest absolute Gasteiger partial charge is 0.251 e. The van der Waals surface area contributed by atoms with Gasteiger partial charge in [-0.05, 0) is 30.3 Å². The lowest BCUT2D eigenvalue weighted by molar-refractivity contribution is -0.123. The standard InChI is InChI=1S/C20H18Cl2FN3O2/c21-13-5-6-16(14(22)11-13)26-19(27)12-18(20(26)28)25-9-7-24(8-10-25)17-4-2-1-3-15(17)23/h1-6,11,18H,7-10,12H2. The number of hydrogen-bond donors (Lipinski definition) is 0. The van der Waals surface area contributed by atoms with Crippen molar-refractivity contribution in [3.63, 3.8) is 0 Å². The second-order valence-electron chi connectivity index (χ2n) is 6.86. The van der Waals surface area contributed by atoms with E-state index < -0.39 is 6.04 Å². The molecular formula is C20H18Cl2FN3O2. The largest absolute Gasteiger partial charge is 0.367 e. The number of piperazine rings is 1. The Morgan fingerprint density at radius 3 is 2.32 bits per heavy atom. The van der Waals surface area contributed by atoms with Gasteiger partial charge in [0.05, 0.1) is 28.9 Å². The Balaban J connectivity index is 1.47. The highest BCUT2D eigenvalue weighted by Gasteiger charge is 2.44. The van der Waals surface area contributed by atoms with Gasteiger partial charge in [-0.3, -0.25) is 14.5 Å². The highest BCUT2D eigenvalue weighted by molar-refractivity contribution is 6.38. The summed E-state index contributed by atoms with van der Waals surface area (Å²) in [5, 5.41) is 0.702. The van der Waals surface area contributed by atoms with Crippen molar-refractivity contribution in [1.29, 1.82) is 0 Å². The SMILES string of the molecule is O=C1CC(N2CCN(c3ccccc3F)CC2)C(=O)N1c1ccc(Cl)cc1Cl. The van der Waals surface area contributed by atoms with E-state index in [0.29, 0.717) is 42.6 Å². The Morgan fingerprint density at radius 1 is 0.929 bits per heavy atom. The van der Waals surface area contributed by atoms with Crippen LogP contribution in [-0.4, -0.2) is 48.9 Å². The topological polar surface area (TPSA) is 43.9 Å². The van der Waals surface area contributed by atoms with E-state index in [1.807, 2.05) is 9.80 Å². The lowest BCUT2D eigenvalue weighted by Crippen LogP contribution is -2.52. The highest BCUT2D eigenvalue weighted by Crippen LogP contribution is 2.33. The van der Waals surface area contributed by atoms with Crippen LogP contribution in [0.25, 0.3) is 0 Å². The summed E-state index contributed by atoms with van der Waals surface area (Å²) < 4.78 is 14.0. The summed E-state index contributed by atoms with van der Waals surface area (Å²) in [7, 11) is 0. The maximum absolute atomic E-state index is 14.0. The van der Waals surface area contributed by atoms with Crippen molar-refractivity contribution in [3.05, 3.63) is 58.3 Å². The van der Waals surface area contributed by atoms with Crippen LogP contribution in [-0.2, 0) is 9.59 Å². The third-order valence-corrected chi connectivity index (χ3v) is 5.76. The van der Waals surface area contributed by atoms with Gasteiger partial charge >= 0.3 is 0 Å². The molecule has 0 saturated carbocycles. The zero-order chi connectivity index (χ0) is 19.8. The number of nitrogens with zero attached hydrogens (tertiary/aromatic N) is 3. The average Bonchev–Trinajstić information content (AvgIpc) is 2.97. The normalized spacial score (nSPS) is 20.9. The number of carbonyl (C=O) groups excluding carboxylic acids is 2. The summed E-state index contributed by atoms with van der Waals surface area (Å²) in [5.41, 5.74) is 0.916. The minimum absolute atomic E-state index is 0.109. The van der Waals surface area contributed by atoms with Gasteiger partial charge < -0.3 is 4.90 Å². The minimum Gasteiger partial charge on any atom is -0.367 e. The van der Waals surface area contributed by atoms with Gasteiger partial charge in [0.15, 0.2) is 0 Å². The number of carbonyl (C=O) groups is 2. The number of rotatable bonds is 3. The molecule has 2 amide bonds. The summed E-state index contributed by atoms with van der Waals surface area (Å²) in [6.07, 6.45) is 0.109. The van der Waals surface area contributed by atoms with Crippen LogP contribution < -0.4 is 9.80 Å². The summed E-state index contributed by atoms with van der Waals surface area (Å²) in [6, 6.07) is 10.8. The summed E-state index contributed by atoms with van der Waals surface area (Å²) in [6.45, 7) is 2.31. The number of amides is 2. The summed E-state index contributed by atoms with van der Waals surface area (Å²) >= 11 is 12.1. The number of anilines is 2. The molecule has 146 valence electrons. The number of imide groups is 1. The quantitative estimate of drug-likeness (QED) is 0.710. The predicted molar refractivity (Wildman–Crippen MR) is 108 cm³/mol. The van der Waals surface area contributed by atoms with E-state index in [4.69, 9.17) is 23.2 Å². The van der Waals surface area contributed by atoms with Crippen molar-refractivity contribution in [2.45, 2.75) is 12.5 Å². The van der Waals surface area contributed by atoms with E-state index in [1.165, 1.54) is 12.1 Å². The van der Waals surface area contributed by atoms with Gasteiger partial charge in [0.1, 0.15) is 5.82 Å². The number of para-hydroxylation sites is 1. The van der Waals surface area contributed by atoms with Crippen molar-refractivity contribution < 1.29 is 14.0 Å². The average molecular weight is 422 g/mol. The Bertz CT molecular complexity index is 931. The van der Waals surface area contributed by atoms with Gasteiger partial charge in [-0.2, -0.15) is 0 Å². The Kier molecular flexibility index (Phi) is 5.27. The first-order valence-electron chi connectivity index (χ1n) is 9.01. The molecule has 0 aliphatic carbocycles. The van der Waals surface area contributed by atoms with E-state index >= 15 is 0 Å². The molecule has 2 heterocycles. The van der Waals surface area contributed by atoms with Crippen LogP contribution in [0, 0.1) is 5.82 Å². The zero-order valence-corrected chi connectivity index (χ0v) is 16.5. The van der Waals surface area contributed by atoms with E-state index in [1.54, 1.807) is 30.3 Å². The molecule has 1 atom stereocenters. The molecular weight excluding hydrogens is 404 g/mol. The lowest BCUT2D eigenvalue weighted by atomic mass is 10.1. The van der Waals surface area contributed by atoms with Gasteiger partial charge in [0, 0.05) is 31.2 Å².